The molecule has 3 rings (SSSR count). The highest BCUT2D eigenvalue weighted by molar-refractivity contribution is 7.09. The minimum atomic E-state index is 0.138. The van der Waals surface area contributed by atoms with Gasteiger partial charge in [0.2, 0.25) is 5.91 Å². The lowest BCUT2D eigenvalue weighted by molar-refractivity contribution is -0.136. The summed E-state index contributed by atoms with van der Waals surface area (Å²) in [6, 6.07) is 12.3. The predicted octanol–water partition coefficient (Wildman–Crippen LogP) is 3.05. The van der Waals surface area contributed by atoms with Gasteiger partial charge in [0.25, 0.3) is 0 Å². The monoisotopic (exact) mass is 388 g/mol. The molecule has 5 nitrogen and oxygen atoms in total. The highest BCUT2D eigenvalue weighted by Crippen LogP contribution is 2.19. The Hall–Kier alpha value is -1.89. The molecule has 0 saturated carbocycles. The van der Waals surface area contributed by atoms with Gasteiger partial charge >= 0.3 is 0 Å². The molecule has 27 heavy (non-hydrogen) atoms. The fourth-order valence-corrected chi connectivity index (χ4v) is 4.12. The van der Waals surface area contributed by atoms with E-state index in [2.05, 4.69) is 29.3 Å². The lowest BCUT2D eigenvalue weighted by Gasteiger charge is -2.33. The number of hydrogen-bond donors (Lipinski definition) is 0. The van der Waals surface area contributed by atoms with Crippen molar-refractivity contribution in [3.8, 4) is 5.75 Å². The Morgan fingerprint density at radius 1 is 1.26 bits per heavy atom. The molecule has 1 saturated heterocycles. The van der Waals surface area contributed by atoms with Crippen LogP contribution in [-0.2, 0) is 22.5 Å². The molecule has 1 fully saturated rings. The molecule has 1 amide bonds. The van der Waals surface area contributed by atoms with E-state index in [9.17, 15) is 4.79 Å². The normalized spacial score (nSPS) is 16.1. The van der Waals surface area contributed by atoms with E-state index in [0.717, 1.165) is 30.8 Å². The van der Waals surface area contributed by atoms with E-state index >= 15 is 0 Å². The van der Waals surface area contributed by atoms with Crippen LogP contribution in [-0.4, -0.2) is 61.7 Å². The van der Waals surface area contributed by atoms with Crippen LogP contribution in [0.2, 0.25) is 0 Å². The quantitative estimate of drug-likeness (QED) is 0.697. The van der Waals surface area contributed by atoms with Gasteiger partial charge in [0.05, 0.1) is 26.9 Å². The molecule has 1 aromatic heterocycles. The largest absolute Gasteiger partial charge is 0.497 e. The summed E-state index contributed by atoms with van der Waals surface area (Å²) in [4.78, 5) is 18.6. The van der Waals surface area contributed by atoms with E-state index in [1.807, 2.05) is 29.2 Å². The van der Waals surface area contributed by atoms with Gasteiger partial charge in [0.15, 0.2) is 0 Å². The van der Waals surface area contributed by atoms with Gasteiger partial charge in [0, 0.05) is 37.0 Å². The van der Waals surface area contributed by atoms with Crippen LogP contribution in [0.15, 0.2) is 41.8 Å². The maximum Gasteiger partial charge on any atom is 0.237 e. The molecule has 2 heterocycles. The number of carbonyl (C=O) groups is 1. The second kappa shape index (κ2) is 9.88. The smallest absolute Gasteiger partial charge is 0.237 e. The number of morpholine rings is 1. The molecule has 146 valence electrons. The van der Waals surface area contributed by atoms with Gasteiger partial charge < -0.3 is 14.4 Å². The zero-order chi connectivity index (χ0) is 19.1. The predicted molar refractivity (Wildman–Crippen MR) is 108 cm³/mol. The molecule has 0 radical (unpaired) electrons. The van der Waals surface area contributed by atoms with Crippen molar-refractivity contribution in [1.82, 2.24) is 9.80 Å². The van der Waals surface area contributed by atoms with Gasteiger partial charge in [-0.1, -0.05) is 18.2 Å². The van der Waals surface area contributed by atoms with E-state index in [-0.39, 0.29) is 11.9 Å². The number of carbonyl (C=O) groups excluding carboxylic acids is 1. The number of methoxy groups -OCH3 is 1. The number of thiophene rings is 1. The van der Waals surface area contributed by atoms with Crippen LogP contribution in [0.5, 0.6) is 5.75 Å². The van der Waals surface area contributed by atoms with Gasteiger partial charge in [-0.3, -0.25) is 9.69 Å². The van der Waals surface area contributed by atoms with Crippen molar-refractivity contribution < 1.29 is 14.3 Å². The Morgan fingerprint density at radius 3 is 2.63 bits per heavy atom. The number of ether oxygens (including phenoxy) is 2. The molecule has 1 atom stereocenters. The summed E-state index contributed by atoms with van der Waals surface area (Å²) in [5.74, 6) is 1.01. The van der Waals surface area contributed by atoms with Crippen LogP contribution in [0.25, 0.3) is 0 Å². The molecule has 2 aromatic rings. The Morgan fingerprint density at radius 2 is 2.00 bits per heavy atom. The fourth-order valence-electron chi connectivity index (χ4n) is 3.29. The van der Waals surface area contributed by atoms with Crippen LogP contribution in [0.3, 0.4) is 0 Å². The molecule has 0 N–H and O–H groups in total. The summed E-state index contributed by atoms with van der Waals surface area (Å²) in [6.45, 7) is 6.25. The molecular formula is C21H28N2O3S. The molecule has 0 aliphatic carbocycles. The molecule has 1 aliphatic rings. The summed E-state index contributed by atoms with van der Waals surface area (Å²) < 4.78 is 10.6. The Balaban J connectivity index is 1.70. The van der Waals surface area contributed by atoms with Gasteiger partial charge in [-0.15, -0.1) is 11.3 Å². The van der Waals surface area contributed by atoms with E-state index in [0.29, 0.717) is 26.3 Å². The summed E-state index contributed by atoms with van der Waals surface area (Å²) in [5, 5.41) is 2.09. The summed E-state index contributed by atoms with van der Waals surface area (Å²) in [6.07, 6.45) is 0.878. The minimum absolute atomic E-state index is 0.138. The van der Waals surface area contributed by atoms with Crippen molar-refractivity contribution in [3.05, 3.63) is 52.2 Å². The van der Waals surface area contributed by atoms with E-state index < -0.39 is 0 Å². The third kappa shape index (κ3) is 5.79. The summed E-state index contributed by atoms with van der Waals surface area (Å²) in [7, 11) is 1.66. The highest BCUT2D eigenvalue weighted by Gasteiger charge is 2.24. The SMILES string of the molecule is COc1ccc(CN(C(=O)CN2CCOCC2)C(C)Cc2cccs2)cc1. The Kier molecular flexibility index (Phi) is 7.26. The lowest BCUT2D eigenvalue weighted by Crippen LogP contribution is -2.47. The van der Waals surface area contributed by atoms with Crippen LogP contribution in [0, 0.1) is 0 Å². The van der Waals surface area contributed by atoms with Crippen molar-refractivity contribution in [2.24, 2.45) is 0 Å². The molecule has 1 aliphatic heterocycles. The fraction of sp³-hybridized carbons (Fsp3) is 0.476. The average Bonchev–Trinajstić information content (AvgIpc) is 3.20. The van der Waals surface area contributed by atoms with Crippen molar-refractivity contribution in [2.45, 2.75) is 25.9 Å². The highest BCUT2D eigenvalue weighted by atomic mass is 32.1. The second-order valence-electron chi connectivity index (χ2n) is 6.89. The summed E-state index contributed by atoms with van der Waals surface area (Å²) >= 11 is 1.75. The average molecular weight is 389 g/mol. The zero-order valence-corrected chi connectivity index (χ0v) is 16.9. The number of benzene rings is 1. The van der Waals surface area contributed by atoms with Gasteiger partial charge in [-0.25, -0.2) is 0 Å². The van der Waals surface area contributed by atoms with E-state index in [1.54, 1.807) is 18.4 Å². The molecule has 6 heteroatoms. The maximum atomic E-state index is 13.1. The number of hydrogen-bond acceptors (Lipinski definition) is 5. The molecule has 0 bridgehead atoms. The maximum absolute atomic E-state index is 13.1. The zero-order valence-electron chi connectivity index (χ0n) is 16.1. The lowest BCUT2D eigenvalue weighted by atomic mass is 10.1. The van der Waals surface area contributed by atoms with Gasteiger partial charge in [-0.2, -0.15) is 0 Å². The molecule has 1 unspecified atom stereocenters. The van der Waals surface area contributed by atoms with Gasteiger partial charge in [-0.05, 0) is 36.1 Å². The number of rotatable bonds is 8. The third-order valence-corrected chi connectivity index (χ3v) is 5.80. The van der Waals surface area contributed by atoms with Crippen LogP contribution in [0.4, 0.5) is 0 Å². The Bertz CT molecular complexity index is 697. The third-order valence-electron chi connectivity index (χ3n) is 4.90. The summed E-state index contributed by atoms with van der Waals surface area (Å²) in [5.41, 5.74) is 1.11. The number of nitrogens with zero attached hydrogens (tertiary/aromatic N) is 2. The minimum Gasteiger partial charge on any atom is -0.497 e. The second-order valence-corrected chi connectivity index (χ2v) is 7.92. The van der Waals surface area contributed by atoms with E-state index in [4.69, 9.17) is 9.47 Å². The standard InChI is InChI=1S/C21H28N2O3S/c1-17(14-20-4-3-13-27-20)23(15-18-5-7-19(25-2)8-6-18)21(24)16-22-9-11-26-12-10-22/h3-8,13,17H,9-12,14-16H2,1-2H3. The molecule has 1 aromatic carbocycles. The van der Waals surface area contributed by atoms with Crippen LogP contribution in [0.1, 0.15) is 17.4 Å². The first kappa shape index (κ1) is 19.9. The van der Waals surface area contributed by atoms with Gasteiger partial charge in [0.1, 0.15) is 5.75 Å². The first-order chi connectivity index (χ1) is 13.2. The van der Waals surface area contributed by atoms with Crippen molar-refractivity contribution >= 4 is 17.2 Å². The Labute approximate surface area is 165 Å². The molecular weight excluding hydrogens is 360 g/mol. The van der Waals surface area contributed by atoms with Crippen LogP contribution < -0.4 is 4.74 Å². The van der Waals surface area contributed by atoms with Crippen molar-refractivity contribution in [1.29, 1.82) is 0 Å². The van der Waals surface area contributed by atoms with Crippen molar-refractivity contribution in [3.63, 3.8) is 0 Å². The van der Waals surface area contributed by atoms with Crippen molar-refractivity contribution in [2.75, 3.05) is 40.0 Å². The first-order valence-corrected chi connectivity index (χ1v) is 10.3. The first-order valence-electron chi connectivity index (χ1n) is 9.40. The number of amides is 1. The molecule has 0 spiro atoms. The topological polar surface area (TPSA) is 42.0 Å². The van der Waals surface area contributed by atoms with E-state index in [1.165, 1.54) is 4.88 Å². The van der Waals surface area contributed by atoms with Crippen LogP contribution >= 0.6 is 11.3 Å².